The van der Waals surface area contributed by atoms with Crippen LogP contribution in [0, 0.1) is 39.9 Å². The van der Waals surface area contributed by atoms with Crippen LogP contribution in [0.3, 0.4) is 0 Å². The molecule has 2 unspecified atom stereocenters. The fourth-order valence-corrected chi connectivity index (χ4v) is 9.24. The molecule has 4 aliphatic rings. The Labute approximate surface area is 176 Å². The molecule has 0 heterocycles. The van der Waals surface area contributed by atoms with Gasteiger partial charge in [0.1, 0.15) is 0 Å². The molecule has 0 saturated heterocycles. The second-order valence-corrected chi connectivity index (χ2v) is 16.2. The molecule has 0 radical (unpaired) electrons. The molecule has 0 aliphatic heterocycles. The topological polar surface area (TPSA) is 70.3 Å². The van der Waals surface area contributed by atoms with Gasteiger partial charge < -0.3 is 9.53 Å². The van der Waals surface area contributed by atoms with Crippen LogP contribution >= 0.6 is 0 Å². The van der Waals surface area contributed by atoms with Gasteiger partial charge in [-0.05, 0) is 82.0 Å². The Kier molecular flexibility index (Phi) is 4.61. The fraction of sp³-hybridized carbons (Fsp3) is 0.833. The maximum atomic E-state index is 12.2. The molecule has 1 N–H and O–H groups in total. The third kappa shape index (κ3) is 2.65. The van der Waals surface area contributed by atoms with Crippen molar-refractivity contribution in [1.29, 1.82) is 5.26 Å². The van der Waals surface area contributed by atoms with E-state index in [-0.39, 0.29) is 34.4 Å². The van der Waals surface area contributed by atoms with E-state index in [9.17, 15) is 15.2 Å². The van der Waals surface area contributed by atoms with Crippen molar-refractivity contribution in [2.75, 3.05) is 0 Å². The van der Waals surface area contributed by atoms with Crippen molar-refractivity contribution >= 4 is 14.1 Å². The number of hydrogen-bond donors (Lipinski definition) is 1. The second kappa shape index (κ2) is 6.28. The Balaban J connectivity index is 1.77. The summed E-state index contributed by atoms with van der Waals surface area (Å²) in [5, 5.41) is 22.6. The molecule has 0 aromatic carbocycles. The molecule has 0 amide bonds. The van der Waals surface area contributed by atoms with Crippen molar-refractivity contribution in [3.8, 4) is 6.07 Å². The zero-order chi connectivity index (χ0) is 21.5. The van der Waals surface area contributed by atoms with Crippen LogP contribution in [-0.4, -0.2) is 30.4 Å². The molecule has 5 heteroatoms. The normalized spacial score (nSPS) is 49.5. The highest BCUT2D eigenvalue weighted by molar-refractivity contribution is 6.69. The second-order valence-electron chi connectivity index (χ2n) is 11.8. The van der Waals surface area contributed by atoms with Gasteiger partial charge in [0.25, 0.3) is 0 Å². The van der Waals surface area contributed by atoms with Crippen molar-refractivity contribution in [2.45, 2.75) is 96.6 Å². The minimum absolute atomic E-state index is 0.161. The van der Waals surface area contributed by atoms with Crippen LogP contribution in [0.1, 0.15) is 65.7 Å². The number of carbonyl (C=O) groups is 1. The molecule has 0 bridgehead atoms. The largest absolute Gasteiger partial charge is 0.399 e. The number of carbonyl (C=O) groups excluding carboxylic acids is 1. The summed E-state index contributed by atoms with van der Waals surface area (Å²) in [5.41, 5.74) is -0.936. The lowest BCUT2D eigenvalue weighted by Crippen LogP contribution is -2.65. The van der Waals surface area contributed by atoms with Gasteiger partial charge in [-0.2, -0.15) is 5.26 Å². The van der Waals surface area contributed by atoms with Gasteiger partial charge in [0, 0.05) is 17.3 Å². The predicted octanol–water partition coefficient (Wildman–Crippen LogP) is 4.99. The number of rotatable bonds is 2. The van der Waals surface area contributed by atoms with Gasteiger partial charge >= 0.3 is 0 Å². The summed E-state index contributed by atoms with van der Waals surface area (Å²) in [7, 11) is -1.93. The molecule has 4 aliphatic carbocycles. The molecule has 3 fully saturated rings. The molecule has 0 spiro atoms. The first kappa shape index (κ1) is 21.3. The van der Waals surface area contributed by atoms with E-state index in [1.54, 1.807) is 0 Å². The molecule has 0 aromatic heterocycles. The smallest absolute Gasteiger partial charge is 0.185 e. The van der Waals surface area contributed by atoms with E-state index in [4.69, 9.17) is 4.43 Å². The molecular weight excluding hydrogens is 378 g/mol. The number of nitrogens with zero attached hydrogens (tertiary/aromatic N) is 1. The van der Waals surface area contributed by atoms with E-state index in [1.165, 1.54) is 0 Å². The highest BCUT2D eigenvalue weighted by Gasteiger charge is 2.72. The highest BCUT2D eigenvalue weighted by Crippen LogP contribution is 2.70. The minimum Gasteiger partial charge on any atom is -0.399 e. The van der Waals surface area contributed by atoms with Gasteiger partial charge in [-0.25, -0.2) is 0 Å². The van der Waals surface area contributed by atoms with E-state index < -0.39 is 19.5 Å². The minimum atomic E-state index is -1.93. The van der Waals surface area contributed by atoms with Crippen molar-refractivity contribution in [3.63, 3.8) is 0 Å². The van der Waals surface area contributed by atoms with Crippen molar-refractivity contribution in [2.24, 2.45) is 28.6 Å². The number of nitriles is 1. The average Bonchev–Trinajstić information content (AvgIpc) is 2.83. The summed E-state index contributed by atoms with van der Waals surface area (Å²) in [6.07, 6.45) is 7.36. The van der Waals surface area contributed by atoms with Crippen molar-refractivity contribution in [3.05, 3.63) is 11.6 Å². The predicted molar refractivity (Wildman–Crippen MR) is 115 cm³/mol. The van der Waals surface area contributed by atoms with E-state index in [1.807, 2.05) is 6.08 Å². The zero-order valence-corrected chi connectivity index (χ0v) is 20.0. The lowest BCUT2D eigenvalue weighted by atomic mass is 9.44. The Hall–Kier alpha value is -0.963. The standard InChI is InChI=1S/C24H37NO3Si/c1-16-13-20-19-8-7-17-14-18(26)9-10-21(17,2)23(19,27)12-11-22(20,3)24(16,15-25)28-29(4,5)6/h14,16,19-20,27H,7-13H2,1-6H3/t16?,19-,20-,21-,22-,23-,24?/m0/s1. The summed E-state index contributed by atoms with van der Waals surface area (Å²) in [6.45, 7) is 13.2. The lowest BCUT2D eigenvalue weighted by Gasteiger charge is -2.63. The monoisotopic (exact) mass is 415 g/mol. The van der Waals surface area contributed by atoms with Gasteiger partial charge in [0.2, 0.25) is 0 Å². The Bertz CT molecular complexity index is 810. The first-order valence-electron chi connectivity index (χ1n) is 11.4. The molecule has 7 atom stereocenters. The van der Waals surface area contributed by atoms with Crippen LogP contribution in [0.25, 0.3) is 0 Å². The van der Waals surface area contributed by atoms with Crippen LogP contribution in [-0.2, 0) is 9.22 Å². The third-order valence-electron chi connectivity index (χ3n) is 9.32. The van der Waals surface area contributed by atoms with Crippen LogP contribution in [0.2, 0.25) is 19.6 Å². The number of fused-ring (bicyclic) bond motifs is 5. The van der Waals surface area contributed by atoms with Crippen LogP contribution in [0.15, 0.2) is 11.6 Å². The third-order valence-corrected chi connectivity index (χ3v) is 10.3. The summed E-state index contributed by atoms with van der Waals surface area (Å²) in [6, 6.07) is 2.68. The van der Waals surface area contributed by atoms with Gasteiger partial charge in [0.05, 0.1) is 11.7 Å². The van der Waals surface area contributed by atoms with Gasteiger partial charge in [-0.3, -0.25) is 4.79 Å². The first-order valence-corrected chi connectivity index (χ1v) is 14.8. The van der Waals surface area contributed by atoms with E-state index in [2.05, 4.69) is 46.5 Å². The summed E-state index contributed by atoms with van der Waals surface area (Å²) >= 11 is 0. The Morgan fingerprint density at radius 1 is 1.17 bits per heavy atom. The average molecular weight is 416 g/mol. The number of hydrogen-bond acceptors (Lipinski definition) is 4. The van der Waals surface area contributed by atoms with Gasteiger partial charge in [-0.1, -0.05) is 26.3 Å². The maximum absolute atomic E-state index is 12.2. The SMILES string of the molecule is CC1C[C@H]2[C@@H]3CCC4=CC(=O)CC[C@]4(C)[C@]3(O)CC[C@]2(C)C1(C#N)O[Si](C)(C)C. The van der Waals surface area contributed by atoms with E-state index >= 15 is 0 Å². The molecule has 160 valence electrons. The lowest BCUT2D eigenvalue weighted by molar-refractivity contribution is -0.201. The van der Waals surface area contributed by atoms with Crippen LogP contribution in [0.4, 0.5) is 0 Å². The van der Waals surface area contributed by atoms with Crippen molar-refractivity contribution < 1.29 is 14.3 Å². The molecule has 3 saturated carbocycles. The Morgan fingerprint density at radius 3 is 2.48 bits per heavy atom. The number of aliphatic hydroxyl groups is 1. The van der Waals surface area contributed by atoms with Gasteiger partial charge in [0.15, 0.2) is 19.7 Å². The molecule has 4 rings (SSSR count). The van der Waals surface area contributed by atoms with Gasteiger partial charge in [-0.15, -0.1) is 0 Å². The zero-order valence-electron chi connectivity index (χ0n) is 19.0. The fourth-order valence-electron chi connectivity index (χ4n) is 7.79. The summed E-state index contributed by atoms with van der Waals surface area (Å²) in [5.74, 6) is 0.818. The molecule has 29 heavy (non-hydrogen) atoms. The first-order chi connectivity index (χ1) is 13.3. The number of ketones is 1. The molecule has 4 nitrogen and oxygen atoms in total. The highest BCUT2D eigenvalue weighted by atomic mass is 28.4. The molecular formula is C24H37NO3Si. The molecule has 0 aromatic rings. The maximum Gasteiger partial charge on any atom is 0.185 e. The van der Waals surface area contributed by atoms with Crippen molar-refractivity contribution in [1.82, 2.24) is 0 Å². The van der Waals surface area contributed by atoms with E-state index in [0.29, 0.717) is 12.8 Å². The Morgan fingerprint density at radius 2 is 1.86 bits per heavy atom. The van der Waals surface area contributed by atoms with Crippen LogP contribution in [0.5, 0.6) is 0 Å². The van der Waals surface area contributed by atoms with E-state index in [0.717, 1.165) is 37.7 Å². The summed E-state index contributed by atoms with van der Waals surface area (Å²) < 4.78 is 6.72. The van der Waals surface area contributed by atoms with Crippen LogP contribution < -0.4 is 0 Å². The summed E-state index contributed by atoms with van der Waals surface area (Å²) in [4.78, 5) is 12.1. The quantitative estimate of drug-likeness (QED) is 0.645.